The fourth-order valence-electron chi connectivity index (χ4n) is 3.03. The van der Waals surface area contributed by atoms with Crippen molar-refractivity contribution in [1.82, 2.24) is 5.32 Å². The van der Waals surface area contributed by atoms with Crippen LogP contribution in [0.1, 0.15) is 29.5 Å². The van der Waals surface area contributed by atoms with Crippen LogP contribution in [0.25, 0.3) is 17.4 Å². The molecule has 1 aliphatic rings. The Morgan fingerprint density at radius 3 is 2.60 bits per heavy atom. The Balaban J connectivity index is 1.71. The number of nitrogens with zero attached hydrogens (tertiary/aromatic N) is 1. The predicted molar refractivity (Wildman–Crippen MR) is 109 cm³/mol. The molecule has 8 nitrogen and oxygen atoms in total. The quantitative estimate of drug-likeness (QED) is 0.425. The van der Waals surface area contributed by atoms with E-state index in [-0.39, 0.29) is 17.1 Å². The molecule has 0 radical (unpaired) electrons. The summed E-state index contributed by atoms with van der Waals surface area (Å²) in [5, 5.41) is 11.9. The number of esters is 1. The van der Waals surface area contributed by atoms with Crippen LogP contribution >= 0.6 is 0 Å². The summed E-state index contributed by atoms with van der Waals surface area (Å²) in [4.78, 5) is 24.0. The zero-order valence-corrected chi connectivity index (χ0v) is 17.1. The smallest absolute Gasteiger partial charge is 0.338 e. The molecule has 1 fully saturated rings. The monoisotopic (exact) mass is 428 g/mol. The number of furan rings is 1. The van der Waals surface area contributed by atoms with Crippen molar-refractivity contribution in [3.05, 3.63) is 53.3 Å². The van der Waals surface area contributed by atoms with Crippen molar-refractivity contribution < 1.29 is 27.2 Å². The Morgan fingerprint density at radius 2 is 2.00 bits per heavy atom. The summed E-state index contributed by atoms with van der Waals surface area (Å²) in [6.45, 7) is 2.02. The third-order valence-corrected chi connectivity index (χ3v) is 6.29. The Labute approximate surface area is 174 Å². The van der Waals surface area contributed by atoms with Crippen molar-refractivity contribution in [3.8, 4) is 17.4 Å². The van der Waals surface area contributed by atoms with E-state index in [0.717, 1.165) is 0 Å². The Kier molecular flexibility index (Phi) is 6.37. The van der Waals surface area contributed by atoms with Gasteiger partial charge >= 0.3 is 5.97 Å². The molecule has 1 amide bonds. The molecule has 0 saturated carbocycles. The highest BCUT2D eigenvalue weighted by Gasteiger charge is 2.29. The number of nitrogens with one attached hydrogen (secondary N) is 1. The Bertz CT molecular complexity index is 1120. The van der Waals surface area contributed by atoms with Gasteiger partial charge in [-0.3, -0.25) is 4.79 Å². The first kappa shape index (κ1) is 21.3. The van der Waals surface area contributed by atoms with Crippen molar-refractivity contribution in [1.29, 1.82) is 5.26 Å². The van der Waals surface area contributed by atoms with Gasteiger partial charge in [-0.05, 0) is 37.6 Å². The second kappa shape index (κ2) is 8.97. The van der Waals surface area contributed by atoms with Gasteiger partial charge in [0.05, 0.1) is 23.7 Å². The summed E-state index contributed by atoms with van der Waals surface area (Å²) >= 11 is 0. The molecule has 1 aliphatic heterocycles. The minimum atomic E-state index is -3.14. The van der Waals surface area contributed by atoms with Gasteiger partial charge in [0, 0.05) is 17.7 Å². The molecule has 2 aromatic rings. The molecule has 3 rings (SSSR count). The minimum Gasteiger partial charge on any atom is -0.462 e. The molecular weight excluding hydrogens is 408 g/mol. The first-order chi connectivity index (χ1) is 14.3. The summed E-state index contributed by atoms with van der Waals surface area (Å²) in [6.07, 6.45) is 1.63. The van der Waals surface area contributed by atoms with Crippen LogP contribution in [-0.4, -0.2) is 44.4 Å². The van der Waals surface area contributed by atoms with Crippen molar-refractivity contribution in [3.63, 3.8) is 0 Å². The fourth-order valence-corrected chi connectivity index (χ4v) is 4.71. The van der Waals surface area contributed by atoms with E-state index in [1.54, 1.807) is 43.3 Å². The summed E-state index contributed by atoms with van der Waals surface area (Å²) < 4.78 is 33.6. The second-order valence-electron chi connectivity index (χ2n) is 6.74. The molecular formula is C21H20N2O6S. The van der Waals surface area contributed by atoms with Crippen molar-refractivity contribution in [2.24, 2.45) is 0 Å². The zero-order valence-electron chi connectivity index (χ0n) is 16.3. The third kappa shape index (κ3) is 5.15. The third-order valence-electron chi connectivity index (χ3n) is 4.53. The van der Waals surface area contributed by atoms with Crippen LogP contribution in [0.5, 0.6) is 0 Å². The maximum absolute atomic E-state index is 12.3. The maximum Gasteiger partial charge on any atom is 0.338 e. The highest BCUT2D eigenvalue weighted by Crippen LogP contribution is 2.24. The lowest BCUT2D eigenvalue weighted by atomic mass is 10.1. The number of hydrogen-bond acceptors (Lipinski definition) is 7. The van der Waals surface area contributed by atoms with Gasteiger partial charge in [-0.25, -0.2) is 13.2 Å². The highest BCUT2D eigenvalue weighted by atomic mass is 32.2. The van der Waals surface area contributed by atoms with E-state index in [4.69, 9.17) is 9.15 Å². The van der Waals surface area contributed by atoms with Crippen molar-refractivity contribution in [2.45, 2.75) is 19.4 Å². The summed E-state index contributed by atoms with van der Waals surface area (Å²) in [5.41, 5.74) is 0.948. The number of sulfone groups is 1. The molecule has 156 valence electrons. The average molecular weight is 428 g/mol. The molecule has 2 heterocycles. The topological polar surface area (TPSA) is 126 Å². The molecule has 1 aromatic carbocycles. The van der Waals surface area contributed by atoms with E-state index < -0.39 is 27.8 Å². The first-order valence-electron chi connectivity index (χ1n) is 9.32. The lowest BCUT2D eigenvalue weighted by Gasteiger charge is -2.09. The Morgan fingerprint density at radius 1 is 1.27 bits per heavy atom. The number of ether oxygens (including phenoxy) is 1. The van der Waals surface area contributed by atoms with Crippen LogP contribution in [-0.2, 0) is 19.4 Å². The molecule has 1 N–H and O–H groups in total. The van der Waals surface area contributed by atoms with E-state index >= 15 is 0 Å². The van der Waals surface area contributed by atoms with E-state index in [1.807, 2.05) is 6.07 Å². The zero-order chi connectivity index (χ0) is 21.7. The van der Waals surface area contributed by atoms with Crippen LogP contribution < -0.4 is 5.32 Å². The minimum absolute atomic E-state index is 0.0278. The van der Waals surface area contributed by atoms with Gasteiger partial charge in [-0.15, -0.1) is 0 Å². The van der Waals surface area contributed by atoms with E-state index in [0.29, 0.717) is 35.7 Å². The number of rotatable bonds is 6. The lowest BCUT2D eigenvalue weighted by Crippen LogP contribution is -2.36. The van der Waals surface area contributed by atoms with Gasteiger partial charge in [0.2, 0.25) is 0 Å². The van der Waals surface area contributed by atoms with Gasteiger partial charge < -0.3 is 14.5 Å². The van der Waals surface area contributed by atoms with Gasteiger partial charge in [0.25, 0.3) is 5.91 Å². The molecule has 0 aliphatic carbocycles. The average Bonchev–Trinajstić information content (AvgIpc) is 3.32. The fraction of sp³-hybridized carbons (Fsp3) is 0.286. The van der Waals surface area contributed by atoms with E-state index in [1.165, 1.54) is 6.08 Å². The number of nitriles is 1. The molecule has 0 bridgehead atoms. The SMILES string of the molecule is CCOC(=O)c1ccc(-c2ccc(/C=C(\C#N)C(=O)NC3CCS(=O)(=O)C3)o2)cc1. The van der Waals surface area contributed by atoms with Crippen LogP contribution in [0.15, 0.2) is 46.4 Å². The van der Waals surface area contributed by atoms with Crippen LogP contribution in [0.4, 0.5) is 0 Å². The molecule has 30 heavy (non-hydrogen) atoms. The van der Waals surface area contributed by atoms with Crippen LogP contribution in [0, 0.1) is 11.3 Å². The summed E-state index contributed by atoms with van der Waals surface area (Å²) in [6, 6.07) is 11.3. The number of hydrogen-bond donors (Lipinski definition) is 1. The highest BCUT2D eigenvalue weighted by molar-refractivity contribution is 7.91. The second-order valence-corrected chi connectivity index (χ2v) is 8.97. The molecule has 1 saturated heterocycles. The van der Waals surface area contributed by atoms with Gasteiger partial charge in [-0.1, -0.05) is 12.1 Å². The first-order valence-corrected chi connectivity index (χ1v) is 11.1. The summed E-state index contributed by atoms with van der Waals surface area (Å²) in [5.74, 6) is -0.353. The number of benzene rings is 1. The normalized spacial score (nSPS) is 17.9. The number of carbonyl (C=O) groups excluding carboxylic acids is 2. The molecule has 1 unspecified atom stereocenters. The van der Waals surface area contributed by atoms with Crippen molar-refractivity contribution >= 4 is 27.8 Å². The lowest BCUT2D eigenvalue weighted by molar-refractivity contribution is -0.117. The van der Waals surface area contributed by atoms with E-state index in [2.05, 4.69) is 5.32 Å². The number of amides is 1. The molecule has 1 aromatic heterocycles. The number of carbonyl (C=O) groups is 2. The van der Waals surface area contributed by atoms with Gasteiger partial charge in [0.1, 0.15) is 23.2 Å². The molecule has 9 heteroatoms. The van der Waals surface area contributed by atoms with Crippen LogP contribution in [0.2, 0.25) is 0 Å². The standard InChI is InChI=1S/C21H20N2O6S/c1-2-28-21(25)15-5-3-14(4-6-15)19-8-7-18(29-19)11-16(12-22)20(24)23-17-9-10-30(26,27)13-17/h3-8,11,17H,2,9-10,13H2,1H3,(H,23,24)/b16-11+. The van der Waals surface area contributed by atoms with Gasteiger partial charge in [-0.2, -0.15) is 5.26 Å². The molecule has 0 spiro atoms. The molecule has 1 atom stereocenters. The van der Waals surface area contributed by atoms with Crippen LogP contribution in [0.3, 0.4) is 0 Å². The predicted octanol–water partition coefficient (Wildman–Crippen LogP) is 2.33. The maximum atomic E-state index is 12.3. The van der Waals surface area contributed by atoms with Crippen molar-refractivity contribution in [2.75, 3.05) is 18.1 Å². The Hall–Kier alpha value is -3.38. The largest absolute Gasteiger partial charge is 0.462 e. The van der Waals surface area contributed by atoms with Gasteiger partial charge in [0.15, 0.2) is 9.84 Å². The summed E-state index contributed by atoms with van der Waals surface area (Å²) in [7, 11) is -3.14. The van der Waals surface area contributed by atoms with E-state index in [9.17, 15) is 23.3 Å².